The molecule has 0 aliphatic rings. The van der Waals surface area contributed by atoms with Crippen molar-refractivity contribution in [3.63, 3.8) is 0 Å². The fourth-order valence-corrected chi connectivity index (χ4v) is 5.03. The van der Waals surface area contributed by atoms with Crippen molar-refractivity contribution in [3.05, 3.63) is 64.7 Å². The molecule has 1 amide bonds. The van der Waals surface area contributed by atoms with Crippen molar-refractivity contribution in [2.24, 2.45) is 0 Å². The number of benzene rings is 2. The highest BCUT2D eigenvalue weighted by Gasteiger charge is 2.29. The normalized spacial score (nSPS) is 11.6. The van der Waals surface area contributed by atoms with Crippen molar-refractivity contribution in [1.29, 1.82) is 0 Å². The van der Waals surface area contributed by atoms with Gasteiger partial charge in [-0.3, -0.25) is 4.79 Å². The molecule has 2 N–H and O–H groups in total. The Kier molecular flexibility index (Phi) is 7.74. The molecule has 0 saturated heterocycles. The van der Waals surface area contributed by atoms with Crippen molar-refractivity contribution in [3.8, 4) is 0 Å². The molecule has 28 heavy (non-hydrogen) atoms. The van der Waals surface area contributed by atoms with Crippen LogP contribution in [0, 0.1) is 20.8 Å². The van der Waals surface area contributed by atoms with E-state index in [4.69, 9.17) is 5.11 Å². The summed E-state index contributed by atoms with van der Waals surface area (Å²) in [5.41, 5.74) is 3.12. The Balaban J connectivity index is 2.38. The van der Waals surface area contributed by atoms with Crippen LogP contribution in [0.3, 0.4) is 0 Å². The summed E-state index contributed by atoms with van der Waals surface area (Å²) in [6.07, 6.45) is 0.424. The van der Waals surface area contributed by atoms with E-state index in [0.717, 1.165) is 11.1 Å². The first-order chi connectivity index (χ1) is 13.3. The zero-order valence-corrected chi connectivity index (χ0v) is 17.4. The second kappa shape index (κ2) is 9.82. The van der Waals surface area contributed by atoms with E-state index in [-0.39, 0.29) is 24.6 Å². The molecule has 152 valence electrons. The zero-order chi connectivity index (χ0) is 20.7. The third kappa shape index (κ3) is 5.64. The van der Waals surface area contributed by atoms with Crippen LogP contribution in [0.2, 0.25) is 0 Å². The molecule has 0 atom stereocenters. The number of sulfonamides is 1. The van der Waals surface area contributed by atoms with Gasteiger partial charge in [-0.25, -0.2) is 8.42 Å². The summed E-state index contributed by atoms with van der Waals surface area (Å²) in [4.78, 5) is 12.6. The predicted octanol–water partition coefficient (Wildman–Crippen LogP) is 2.30. The van der Waals surface area contributed by atoms with E-state index in [0.29, 0.717) is 24.1 Å². The van der Waals surface area contributed by atoms with Gasteiger partial charge in [0.15, 0.2) is 0 Å². The minimum Gasteiger partial charge on any atom is -0.396 e. The molecular weight excluding hydrogens is 376 g/mol. The number of hydrogen-bond donors (Lipinski definition) is 2. The van der Waals surface area contributed by atoms with Gasteiger partial charge >= 0.3 is 0 Å². The summed E-state index contributed by atoms with van der Waals surface area (Å²) in [5, 5.41) is 11.5. The Labute approximate surface area is 167 Å². The molecule has 0 unspecified atom stereocenters. The van der Waals surface area contributed by atoms with Crippen LogP contribution in [-0.2, 0) is 21.4 Å². The van der Waals surface area contributed by atoms with E-state index in [1.807, 2.05) is 49.4 Å². The van der Waals surface area contributed by atoms with Gasteiger partial charge in [0.2, 0.25) is 15.9 Å². The topological polar surface area (TPSA) is 86.7 Å². The molecule has 0 radical (unpaired) electrons. The maximum atomic E-state index is 13.5. The first kappa shape index (κ1) is 22.1. The van der Waals surface area contributed by atoms with Crippen molar-refractivity contribution < 1.29 is 18.3 Å². The SMILES string of the molecule is Cc1cc(C)c(S(=O)(=O)N(CC(=O)NCCCO)Cc2ccccc2)c(C)c1. The van der Waals surface area contributed by atoms with Gasteiger partial charge in [0.1, 0.15) is 0 Å². The minimum atomic E-state index is -3.88. The lowest BCUT2D eigenvalue weighted by Crippen LogP contribution is -2.41. The lowest BCUT2D eigenvalue weighted by Gasteiger charge is -2.24. The minimum absolute atomic E-state index is 0.0337. The van der Waals surface area contributed by atoms with Gasteiger partial charge in [-0.1, -0.05) is 48.0 Å². The lowest BCUT2D eigenvalue weighted by atomic mass is 10.1. The average molecular weight is 405 g/mol. The van der Waals surface area contributed by atoms with E-state index in [1.165, 1.54) is 4.31 Å². The van der Waals surface area contributed by atoms with Crippen LogP contribution >= 0.6 is 0 Å². The Bertz CT molecular complexity index is 888. The molecule has 0 aliphatic carbocycles. The number of nitrogens with one attached hydrogen (secondary N) is 1. The summed E-state index contributed by atoms with van der Waals surface area (Å²) >= 11 is 0. The van der Waals surface area contributed by atoms with Gasteiger partial charge in [-0.15, -0.1) is 0 Å². The first-order valence-corrected chi connectivity index (χ1v) is 10.7. The molecule has 6 nitrogen and oxygen atoms in total. The second-order valence-corrected chi connectivity index (χ2v) is 8.79. The number of carbonyl (C=O) groups excluding carboxylic acids is 1. The number of hydrogen-bond acceptors (Lipinski definition) is 4. The van der Waals surface area contributed by atoms with Crippen LogP contribution in [0.15, 0.2) is 47.4 Å². The first-order valence-electron chi connectivity index (χ1n) is 9.25. The molecule has 0 aliphatic heterocycles. The molecule has 0 saturated carbocycles. The summed E-state index contributed by atoms with van der Waals surface area (Å²) in [7, 11) is -3.88. The molecule has 0 heterocycles. The van der Waals surface area contributed by atoms with Gasteiger partial charge in [0.05, 0.1) is 11.4 Å². The van der Waals surface area contributed by atoms with Gasteiger partial charge in [0.25, 0.3) is 0 Å². The molecule has 2 aromatic rings. The van der Waals surface area contributed by atoms with Crippen molar-refractivity contribution in [2.45, 2.75) is 38.6 Å². The molecule has 7 heteroatoms. The van der Waals surface area contributed by atoms with Crippen molar-refractivity contribution in [2.75, 3.05) is 19.7 Å². The van der Waals surface area contributed by atoms with E-state index in [1.54, 1.807) is 13.8 Å². The van der Waals surface area contributed by atoms with Crippen molar-refractivity contribution in [1.82, 2.24) is 9.62 Å². The van der Waals surface area contributed by atoms with Crippen LogP contribution in [0.25, 0.3) is 0 Å². The fourth-order valence-electron chi connectivity index (χ4n) is 3.24. The Morgan fingerprint density at radius 1 is 1.07 bits per heavy atom. The molecule has 0 aromatic heterocycles. The predicted molar refractivity (Wildman–Crippen MR) is 109 cm³/mol. The number of amides is 1. The quantitative estimate of drug-likeness (QED) is 0.628. The number of aliphatic hydroxyl groups excluding tert-OH is 1. The van der Waals surface area contributed by atoms with Crippen LogP contribution in [0.5, 0.6) is 0 Å². The largest absolute Gasteiger partial charge is 0.396 e. The summed E-state index contributed by atoms with van der Waals surface area (Å²) in [6, 6.07) is 12.9. The molecule has 0 fully saturated rings. The number of aliphatic hydroxyl groups is 1. The number of rotatable bonds is 9. The maximum absolute atomic E-state index is 13.5. The maximum Gasteiger partial charge on any atom is 0.244 e. The molecule has 0 spiro atoms. The van der Waals surface area contributed by atoms with E-state index < -0.39 is 15.9 Å². The Morgan fingerprint density at radius 2 is 1.68 bits per heavy atom. The van der Waals surface area contributed by atoms with Crippen LogP contribution in [0.1, 0.15) is 28.7 Å². The summed E-state index contributed by atoms with van der Waals surface area (Å²) in [5.74, 6) is -0.393. The third-order valence-corrected chi connectivity index (χ3v) is 6.48. The third-order valence-electron chi connectivity index (χ3n) is 4.38. The second-order valence-electron chi connectivity index (χ2n) is 6.91. The molecule has 2 rings (SSSR count). The number of carbonyl (C=O) groups is 1. The van der Waals surface area contributed by atoms with Gasteiger partial charge in [0, 0.05) is 19.7 Å². The highest BCUT2D eigenvalue weighted by Crippen LogP contribution is 2.26. The van der Waals surface area contributed by atoms with Crippen LogP contribution in [0.4, 0.5) is 0 Å². The molecular formula is C21H28N2O4S. The number of aryl methyl sites for hydroxylation is 3. The lowest BCUT2D eigenvalue weighted by molar-refractivity contribution is -0.121. The van der Waals surface area contributed by atoms with E-state index in [2.05, 4.69) is 5.32 Å². The summed E-state index contributed by atoms with van der Waals surface area (Å²) in [6.45, 7) is 5.56. The number of nitrogens with zero attached hydrogens (tertiary/aromatic N) is 1. The molecule has 2 aromatic carbocycles. The smallest absolute Gasteiger partial charge is 0.244 e. The van der Waals surface area contributed by atoms with Crippen LogP contribution < -0.4 is 5.32 Å². The van der Waals surface area contributed by atoms with E-state index >= 15 is 0 Å². The Morgan fingerprint density at radius 3 is 2.25 bits per heavy atom. The van der Waals surface area contributed by atoms with Gasteiger partial charge < -0.3 is 10.4 Å². The summed E-state index contributed by atoms with van der Waals surface area (Å²) < 4.78 is 28.1. The zero-order valence-electron chi connectivity index (χ0n) is 16.6. The van der Waals surface area contributed by atoms with Crippen LogP contribution in [-0.4, -0.2) is 43.4 Å². The van der Waals surface area contributed by atoms with Gasteiger partial charge in [-0.2, -0.15) is 4.31 Å². The fraction of sp³-hybridized carbons (Fsp3) is 0.381. The Hall–Kier alpha value is -2.22. The standard InChI is InChI=1S/C21H28N2O4S/c1-16-12-17(2)21(18(3)13-16)28(26,27)23(14-19-8-5-4-6-9-19)15-20(25)22-10-7-11-24/h4-6,8-9,12-13,24H,7,10-11,14-15H2,1-3H3,(H,22,25). The average Bonchev–Trinajstić information content (AvgIpc) is 2.61. The van der Waals surface area contributed by atoms with E-state index in [9.17, 15) is 13.2 Å². The van der Waals surface area contributed by atoms with Gasteiger partial charge in [-0.05, 0) is 43.9 Å². The highest BCUT2D eigenvalue weighted by molar-refractivity contribution is 7.89. The monoisotopic (exact) mass is 404 g/mol. The molecule has 0 bridgehead atoms. The highest BCUT2D eigenvalue weighted by atomic mass is 32.2. The van der Waals surface area contributed by atoms with Crippen molar-refractivity contribution >= 4 is 15.9 Å².